The van der Waals surface area contributed by atoms with Gasteiger partial charge in [0, 0.05) is 10.9 Å². The monoisotopic (exact) mass is 263 g/mol. The first-order valence-electron chi connectivity index (χ1n) is 5.45. The molecule has 0 aliphatic heterocycles. The standard InChI is InChI=1S/C12H13N3O2S/c1-7(2)14-15-12-13-9(6-18-12)8-3-4-10(16)11(17)5-8/h3-7,16-17H,1-2H3. The van der Waals surface area contributed by atoms with Crippen LogP contribution in [0, 0.1) is 0 Å². The number of rotatable bonds is 3. The highest BCUT2D eigenvalue weighted by Crippen LogP contribution is 2.32. The average molecular weight is 263 g/mol. The molecular weight excluding hydrogens is 250 g/mol. The molecule has 0 aliphatic carbocycles. The summed E-state index contributed by atoms with van der Waals surface area (Å²) in [5, 5.41) is 29.1. The van der Waals surface area contributed by atoms with E-state index in [1.54, 1.807) is 6.07 Å². The molecule has 0 saturated heterocycles. The van der Waals surface area contributed by atoms with Crippen molar-refractivity contribution in [3.63, 3.8) is 0 Å². The summed E-state index contributed by atoms with van der Waals surface area (Å²) >= 11 is 1.38. The van der Waals surface area contributed by atoms with E-state index in [2.05, 4.69) is 15.2 Å². The number of azo groups is 1. The first kappa shape index (κ1) is 12.5. The Morgan fingerprint density at radius 2 is 2.00 bits per heavy atom. The zero-order valence-electron chi connectivity index (χ0n) is 10.0. The van der Waals surface area contributed by atoms with Gasteiger partial charge in [0.25, 0.3) is 0 Å². The van der Waals surface area contributed by atoms with Gasteiger partial charge in [-0.25, -0.2) is 4.98 Å². The molecule has 2 rings (SSSR count). The van der Waals surface area contributed by atoms with Gasteiger partial charge in [-0.15, -0.1) is 16.5 Å². The fourth-order valence-electron chi connectivity index (χ4n) is 1.29. The van der Waals surface area contributed by atoms with E-state index in [-0.39, 0.29) is 17.5 Å². The van der Waals surface area contributed by atoms with E-state index < -0.39 is 0 Å². The second-order valence-corrected chi connectivity index (χ2v) is 4.86. The third-order valence-electron chi connectivity index (χ3n) is 2.14. The quantitative estimate of drug-likeness (QED) is 0.654. The van der Waals surface area contributed by atoms with Crippen LogP contribution >= 0.6 is 11.3 Å². The van der Waals surface area contributed by atoms with E-state index >= 15 is 0 Å². The molecule has 0 spiro atoms. The summed E-state index contributed by atoms with van der Waals surface area (Å²) in [6.45, 7) is 3.88. The summed E-state index contributed by atoms with van der Waals surface area (Å²) < 4.78 is 0. The van der Waals surface area contributed by atoms with Crippen molar-refractivity contribution in [1.82, 2.24) is 4.98 Å². The number of hydrogen-bond donors (Lipinski definition) is 2. The zero-order chi connectivity index (χ0) is 13.1. The van der Waals surface area contributed by atoms with E-state index in [9.17, 15) is 10.2 Å². The predicted octanol–water partition coefficient (Wildman–Crippen LogP) is 3.71. The molecule has 0 atom stereocenters. The van der Waals surface area contributed by atoms with Crippen LogP contribution in [-0.4, -0.2) is 21.2 Å². The van der Waals surface area contributed by atoms with Gasteiger partial charge in [-0.2, -0.15) is 5.11 Å². The summed E-state index contributed by atoms with van der Waals surface area (Å²) in [7, 11) is 0. The minimum Gasteiger partial charge on any atom is -0.504 e. The summed E-state index contributed by atoms with van der Waals surface area (Å²) in [6, 6.07) is 4.72. The lowest BCUT2D eigenvalue weighted by Crippen LogP contribution is -1.83. The third kappa shape index (κ3) is 2.84. The first-order valence-corrected chi connectivity index (χ1v) is 6.33. The summed E-state index contributed by atoms with van der Waals surface area (Å²) in [5.41, 5.74) is 1.43. The van der Waals surface area contributed by atoms with Crippen LogP contribution in [0.5, 0.6) is 11.5 Å². The van der Waals surface area contributed by atoms with Crippen molar-refractivity contribution in [3.05, 3.63) is 23.6 Å². The van der Waals surface area contributed by atoms with Crippen LogP contribution in [0.1, 0.15) is 13.8 Å². The van der Waals surface area contributed by atoms with E-state index in [1.807, 2.05) is 19.2 Å². The van der Waals surface area contributed by atoms with Gasteiger partial charge < -0.3 is 10.2 Å². The second-order valence-electron chi connectivity index (χ2n) is 4.03. The zero-order valence-corrected chi connectivity index (χ0v) is 10.8. The van der Waals surface area contributed by atoms with Gasteiger partial charge in [-0.3, -0.25) is 0 Å². The minimum absolute atomic E-state index is 0.134. The van der Waals surface area contributed by atoms with Crippen molar-refractivity contribution < 1.29 is 10.2 Å². The molecule has 0 radical (unpaired) electrons. The van der Waals surface area contributed by atoms with E-state index in [0.29, 0.717) is 10.8 Å². The summed E-state index contributed by atoms with van der Waals surface area (Å²) in [5.74, 6) is -0.306. The average Bonchev–Trinajstić information content (AvgIpc) is 2.79. The second kappa shape index (κ2) is 5.14. The van der Waals surface area contributed by atoms with Crippen LogP contribution in [0.25, 0.3) is 11.3 Å². The lowest BCUT2D eigenvalue weighted by atomic mass is 10.1. The number of benzene rings is 1. The van der Waals surface area contributed by atoms with Gasteiger partial charge in [0.1, 0.15) is 0 Å². The fourth-order valence-corrected chi connectivity index (χ4v) is 1.94. The number of nitrogens with zero attached hydrogens (tertiary/aromatic N) is 3. The van der Waals surface area contributed by atoms with Gasteiger partial charge in [0.15, 0.2) is 11.5 Å². The Kier molecular flexibility index (Phi) is 3.57. The topological polar surface area (TPSA) is 78.1 Å². The molecule has 2 N–H and O–H groups in total. The van der Waals surface area contributed by atoms with Crippen LogP contribution in [-0.2, 0) is 0 Å². The molecule has 0 amide bonds. The number of hydrogen-bond acceptors (Lipinski definition) is 6. The number of phenolic OH excluding ortho intramolecular Hbond substituents is 2. The molecule has 6 heteroatoms. The van der Waals surface area contributed by atoms with Crippen molar-refractivity contribution >= 4 is 16.5 Å². The molecule has 1 aromatic heterocycles. The van der Waals surface area contributed by atoms with Crippen molar-refractivity contribution in [3.8, 4) is 22.8 Å². The SMILES string of the molecule is CC(C)N=Nc1nc(-c2ccc(O)c(O)c2)cs1. The van der Waals surface area contributed by atoms with Gasteiger partial charge in [0.2, 0.25) is 5.13 Å². The van der Waals surface area contributed by atoms with Crippen LogP contribution in [0.3, 0.4) is 0 Å². The first-order chi connectivity index (χ1) is 8.56. The number of phenols is 2. The Balaban J connectivity index is 2.26. The van der Waals surface area contributed by atoms with Crippen LogP contribution in [0.15, 0.2) is 33.8 Å². The third-order valence-corrected chi connectivity index (χ3v) is 2.86. The van der Waals surface area contributed by atoms with E-state index in [1.165, 1.54) is 23.5 Å². The minimum atomic E-state index is -0.161. The molecule has 5 nitrogen and oxygen atoms in total. The largest absolute Gasteiger partial charge is 0.504 e. The van der Waals surface area contributed by atoms with Crippen molar-refractivity contribution in [2.24, 2.45) is 10.2 Å². The molecule has 94 valence electrons. The highest BCUT2D eigenvalue weighted by atomic mass is 32.1. The highest BCUT2D eigenvalue weighted by molar-refractivity contribution is 7.13. The van der Waals surface area contributed by atoms with Crippen LogP contribution in [0.2, 0.25) is 0 Å². The fraction of sp³-hybridized carbons (Fsp3) is 0.250. The lowest BCUT2D eigenvalue weighted by Gasteiger charge is -1.99. The van der Waals surface area contributed by atoms with Gasteiger partial charge in [-0.05, 0) is 32.0 Å². The Bertz CT molecular complexity index is 578. The van der Waals surface area contributed by atoms with Crippen LogP contribution in [0.4, 0.5) is 5.13 Å². The number of thiazole rings is 1. The molecule has 2 aromatic rings. The van der Waals surface area contributed by atoms with E-state index in [0.717, 1.165) is 5.56 Å². The van der Waals surface area contributed by atoms with Gasteiger partial charge >= 0.3 is 0 Å². The normalized spacial score (nSPS) is 11.5. The smallest absolute Gasteiger partial charge is 0.230 e. The van der Waals surface area contributed by atoms with Crippen molar-refractivity contribution in [1.29, 1.82) is 0 Å². The highest BCUT2D eigenvalue weighted by Gasteiger charge is 2.07. The predicted molar refractivity (Wildman–Crippen MR) is 70.5 cm³/mol. The molecule has 0 fully saturated rings. The summed E-state index contributed by atoms with van der Waals surface area (Å²) in [4.78, 5) is 4.29. The lowest BCUT2D eigenvalue weighted by molar-refractivity contribution is 0.404. The Labute approximate surface area is 108 Å². The Morgan fingerprint density at radius 1 is 1.22 bits per heavy atom. The molecule has 1 aromatic carbocycles. The van der Waals surface area contributed by atoms with Crippen molar-refractivity contribution in [2.45, 2.75) is 19.9 Å². The van der Waals surface area contributed by atoms with Gasteiger partial charge in [-0.1, -0.05) is 0 Å². The maximum atomic E-state index is 9.43. The van der Waals surface area contributed by atoms with Crippen molar-refractivity contribution in [2.75, 3.05) is 0 Å². The maximum Gasteiger partial charge on any atom is 0.230 e. The Morgan fingerprint density at radius 3 is 2.67 bits per heavy atom. The Hall–Kier alpha value is -1.95. The molecule has 1 heterocycles. The molecule has 0 bridgehead atoms. The maximum absolute atomic E-state index is 9.43. The molecule has 18 heavy (non-hydrogen) atoms. The molecule has 0 unspecified atom stereocenters. The molecule has 0 aliphatic rings. The summed E-state index contributed by atoms with van der Waals surface area (Å²) in [6.07, 6.45) is 0. The number of aromatic hydroxyl groups is 2. The molecular formula is C12H13N3O2S. The molecule has 0 saturated carbocycles. The number of aromatic nitrogens is 1. The van der Waals surface area contributed by atoms with E-state index in [4.69, 9.17) is 0 Å². The van der Waals surface area contributed by atoms with Gasteiger partial charge in [0.05, 0.1) is 11.7 Å². The van der Waals surface area contributed by atoms with Crippen LogP contribution < -0.4 is 0 Å².